The third-order valence-corrected chi connectivity index (χ3v) is 2.29. The number of carbonyl (C=O) groups excluding carboxylic acids is 1. The fourth-order valence-electron chi connectivity index (χ4n) is 1.19. The van der Waals surface area contributed by atoms with E-state index in [0.29, 0.717) is 5.56 Å². The summed E-state index contributed by atoms with van der Waals surface area (Å²) < 4.78 is 0. The summed E-state index contributed by atoms with van der Waals surface area (Å²) in [5, 5.41) is 19.2. The molecule has 0 saturated carbocycles. The first-order chi connectivity index (χ1) is 9.42. The van der Waals surface area contributed by atoms with E-state index in [-0.39, 0.29) is 42.4 Å². The molecule has 8 heteroatoms. The van der Waals surface area contributed by atoms with Crippen molar-refractivity contribution in [2.75, 3.05) is 12.4 Å². The van der Waals surface area contributed by atoms with Gasteiger partial charge in [-0.15, -0.1) is 11.6 Å². The van der Waals surface area contributed by atoms with Gasteiger partial charge in [-0.05, 0) is 13.5 Å². The molecule has 1 atom stereocenters. The molecule has 1 unspecified atom stereocenters. The summed E-state index contributed by atoms with van der Waals surface area (Å²) in [7, 11) is 1.77. The van der Waals surface area contributed by atoms with Crippen LogP contribution in [0.3, 0.4) is 0 Å². The van der Waals surface area contributed by atoms with Crippen LogP contribution in [0.5, 0.6) is 0 Å². The summed E-state index contributed by atoms with van der Waals surface area (Å²) in [6, 6.07) is 6.17. The Balaban J connectivity index is 0. The Labute approximate surface area is 144 Å². The van der Waals surface area contributed by atoms with E-state index in [9.17, 15) is 14.4 Å². The minimum absolute atomic E-state index is 0. The molecule has 0 heterocycles. The fourth-order valence-corrected chi connectivity index (χ4v) is 1.19. The van der Waals surface area contributed by atoms with Crippen LogP contribution in [0.25, 0.3) is 0 Å². The van der Waals surface area contributed by atoms with Gasteiger partial charge in [0.05, 0.1) is 6.29 Å². The van der Waals surface area contributed by atoms with Gasteiger partial charge >= 0.3 is 41.5 Å². The number of anilines is 1. The summed E-state index contributed by atoms with van der Waals surface area (Å²) in [5.41, 5.74) is 6.39. The van der Waals surface area contributed by atoms with Gasteiger partial charge in [0, 0.05) is 6.42 Å². The van der Waals surface area contributed by atoms with Gasteiger partial charge in [0.2, 0.25) is 0 Å². The van der Waals surface area contributed by atoms with E-state index in [1.54, 1.807) is 19.2 Å². The molecule has 7 nitrogen and oxygen atoms in total. The zero-order valence-electron chi connectivity index (χ0n) is 12.0. The summed E-state index contributed by atoms with van der Waals surface area (Å²) in [4.78, 5) is 30.1. The Kier molecular flexibility index (Phi) is 12.9. The summed E-state index contributed by atoms with van der Waals surface area (Å²) in [6.07, 6.45) is 1.61. The molecule has 1 aromatic rings. The molecule has 5 N–H and O–H groups in total. The maximum absolute atomic E-state index is 10.2. The quantitative estimate of drug-likeness (QED) is 0.336. The molecule has 0 aliphatic rings. The van der Waals surface area contributed by atoms with E-state index < -0.39 is 18.0 Å². The second kappa shape index (κ2) is 12.3. The maximum Gasteiger partial charge on any atom is 1.00 e. The number of carboxylic acid groups (broad SMARTS) is 2. The zero-order chi connectivity index (χ0) is 15.5. The van der Waals surface area contributed by atoms with E-state index >= 15 is 0 Å². The third-order valence-electron chi connectivity index (χ3n) is 2.29. The van der Waals surface area contributed by atoms with Crippen LogP contribution in [0, 0.1) is 0 Å². The number of hydrogen-bond acceptors (Lipinski definition) is 5. The Morgan fingerprint density at radius 2 is 1.90 bits per heavy atom. The van der Waals surface area contributed by atoms with Crippen LogP contribution in [0.4, 0.5) is 5.69 Å². The van der Waals surface area contributed by atoms with Gasteiger partial charge in [0.1, 0.15) is 6.04 Å². The van der Waals surface area contributed by atoms with Crippen LogP contribution < -0.4 is 40.6 Å². The first kappa shape index (κ1) is 21.9. The van der Waals surface area contributed by atoms with E-state index in [4.69, 9.17) is 15.9 Å². The molecule has 0 aliphatic heterocycles. The molecule has 0 radical (unpaired) electrons. The largest absolute Gasteiger partial charge is 1.00 e. The second-order valence-electron chi connectivity index (χ2n) is 3.77. The molecule has 0 saturated heterocycles. The molecule has 0 bridgehead atoms. The third kappa shape index (κ3) is 10.0. The SMILES string of the molecule is CNc1ccccc1[C-]=O.NC(CCC(=O)O)C(=O)O.[Na+]. The van der Waals surface area contributed by atoms with Gasteiger partial charge in [-0.3, -0.25) is 9.59 Å². The number of carbonyl (C=O) groups is 2. The van der Waals surface area contributed by atoms with Crippen LogP contribution in [0.15, 0.2) is 24.3 Å². The number of rotatable bonds is 6. The molecule has 0 amide bonds. The van der Waals surface area contributed by atoms with Crippen LogP contribution in [-0.2, 0) is 14.4 Å². The van der Waals surface area contributed by atoms with E-state index in [1.165, 1.54) is 0 Å². The topological polar surface area (TPSA) is 130 Å². The van der Waals surface area contributed by atoms with Crippen molar-refractivity contribution in [3.63, 3.8) is 0 Å². The van der Waals surface area contributed by atoms with Gasteiger partial charge in [0.25, 0.3) is 0 Å². The Morgan fingerprint density at radius 1 is 1.33 bits per heavy atom. The van der Waals surface area contributed by atoms with E-state index in [1.807, 2.05) is 18.4 Å². The van der Waals surface area contributed by atoms with Crippen LogP contribution in [0.2, 0.25) is 0 Å². The monoisotopic (exact) mass is 304 g/mol. The summed E-state index contributed by atoms with van der Waals surface area (Å²) >= 11 is 0. The normalized spacial score (nSPS) is 10.2. The van der Waals surface area contributed by atoms with Crippen molar-refractivity contribution < 1.29 is 54.2 Å². The number of hydrogen-bond donors (Lipinski definition) is 4. The molecular formula is C13H17N2NaO5. The van der Waals surface area contributed by atoms with E-state index in [2.05, 4.69) is 5.32 Å². The first-order valence-corrected chi connectivity index (χ1v) is 5.77. The fraction of sp³-hybridized carbons (Fsp3) is 0.308. The number of benzene rings is 1. The van der Waals surface area contributed by atoms with Gasteiger partial charge in [0.15, 0.2) is 0 Å². The first-order valence-electron chi connectivity index (χ1n) is 5.77. The number of nitrogens with two attached hydrogens (primary N) is 1. The number of nitrogens with one attached hydrogen (secondary N) is 1. The van der Waals surface area contributed by atoms with Crippen molar-refractivity contribution >= 4 is 23.9 Å². The molecule has 0 aliphatic carbocycles. The number of carboxylic acids is 2. The Hall–Kier alpha value is -1.41. The maximum atomic E-state index is 10.2. The molecule has 0 spiro atoms. The van der Waals surface area contributed by atoms with Crippen molar-refractivity contribution in [2.45, 2.75) is 18.9 Å². The summed E-state index contributed by atoms with van der Waals surface area (Å²) in [5.74, 6) is -2.20. The van der Waals surface area contributed by atoms with Gasteiger partial charge < -0.3 is 26.1 Å². The van der Waals surface area contributed by atoms with Crippen LogP contribution in [0.1, 0.15) is 18.4 Å². The predicted molar refractivity (Wildman–Crippen MR) is 73.3 cm³/mol. The molecule has 21 heavy (non-hydrogen) atoms. The molecular weight excluding hydrogens is 287 g/mol. The Bertz CT molecular complexity index is 468. The minimum Gasteiger partial charge on any atom is -0.481 e. The van der Waals surface area contributed by atoms with Crippen molar-refractivity contribution in [1.29, 1.82) is 0 Å². The smallest absolute Gasteiger partial charge is 0.481 e. The average molecular weight is 304 g/mol. The second-order valence-corrected chi connectivity index (χ2v) is 3.77. The molecule has 0 aromatic heterocycles. The van der Waals surface area contributed by atoms with Crippen molar-refractivity contribution in [2.24, 2.45) is 5.73 Å². The average Bonchev–Trinajstić information content (AvgIpc) is 2.44. The van der Waals surface area contributed by atoms with Gasteiger partial charge in [-0.1, -0.05) is 17.8 Å². The number of para-hydroxylation sites is 1. The van der Waals surface area contributed by atoms with Crippen LogP contribution >= 0.6 is 0 Å². The van der Waals surface area contributed by atoms with Crippen LogP contribution in [-0.4, -0.2) is 41.5 Å². The van der Waals surface area contributed by atoms with Gasteiger partial charge in [-0.25, -0.2) is 0 Å². The van der Waals surface area contributed by atoms with E-state index in [0.717, 1.165) is 5.69 Å². The molecule has 0 fully saturated rings. The zero-order valence-corrected chi connectivity index (χ0v) is 14.0. The van der Waals surface area contributed by atoms with Crippen molar-refractivity contribution in [3.05, 3.63) is 29.8 Å². The number of aliphatic carboxylic acids is 2. The minimum atomic E-state index is -1.17. The molecule has 110 valence electrons. The molecule has 1 rings (SSSR count). The molecule has 1 aromatic carbocycles. The van der Waals surface area contributed by atoms with Gasteiger partial charge in [-0.2, -0.15) is 6.07 Å². The predicted octanol–water partition coefficient (Wildman–Crippen LogP) is -2.55. The summed E-state index contributed by atoms with van der Waals surface area (Å²) in [6.45, 7) is 0. The van der Waals surface area contributed by atoms with Crippen molar-refractivity contribution in [1.82, 2.24) is 0 Å². The standard InChI is InChI=1S/C8H8NO.C5H9NO4.Na/c1-9-8-5-3-2-4-7(8)6-10;6-3(5(9)10)1-2-4(7)8;/h2-5,9H,1H3;3H,1-2,6H2,(H,7,8)(H,9,10);/q-1;;+1. The van der Waals surface area contributed by atoms with Crippen molar-refractivity contribution in [3.8, 4) is 0 Å². The Morgan fingerprint density at radius 3 is 2.29 bits per heavy atom.